The molecule has 2 aliphatic rings. The highest BCUT2D eigenvalue weighted by molar-refractivity contribution is 6.22. The largest absolute Gasteiger partial charge is 0.469 e. The number of carbonyl (C=O) groups is 3. The van der Waals surface area contributed by atoms with Gasteiger partial charge in [-0.1, -0.05) is 0 Å². The maximum absolute atomic E-state index is 12.2. The van der Waals surface area contributed by atoms with Crippen LogP contribution in [0.1, 0.15) is 97.4 Å². The normalized spacial score (nSPS) is 16.1. The molecule has 4 heterocycles. The fraction of sp³-hybridized carbons (Fsp3) is 0.462. The molecule has 0 amide bonds. The van der Waals surface area contributed by atoms with Crippen LogP contribution in [0.15, 0.2) is 43.7 Å². The molecule has 10 nitrogen and oxygen atoms in total. The molecule has 4 rings (SSSR count). The number of aromatic amines is 2. The fourth-order valence-corrected chi connectivity index (χ4v) is 6.84. The van der Waals surface area contributed by atoms with Crippen LogP contribution in [-0.4, -0.2) is 66.5 Å². The van der Waals surface area contributed by atoms with Crippen LogP contribution in [-0.2, 0) is 41.4 Å². The van der Waals surface area contributed by atoms with E-state index in [1.165, 1.54) is 21.3 Å². The molecule has 2 aromatic rings. The Labute approximate surface area is 299 Å². The maximum Gasteiger partial charge on any atom is 0.305 e. The molecular formula is C39H49ClN4O6. The number of methoxy groups -OCH3 is 3. The van der Waals surface area contributed by atoms with Crippen LogP contribution in [0, 0.1) is 27.7 Å². The number of allylic oxidation sites excluding steroid dienone is 4. The standard InChI is InChI=1S/C39H49ClN4O6/c1-21-25(5)41-34(28(21)11-14-38(46)49-8)19-32-24(4)30(16-17-40)36(44-32)20-33-23(3)29(12-15-39(47)50-9)35(43-33)18-31-22(2)27(26(6)42-31)10-13-37(45)48-7/h18-19,41-42H,10-17,20H2,1-9H3/b32-19+,35-18-. The minimum atomic E-state index is -0.284. The summed E-state index contributed by atoms with van der Waals surface area (Å²) in [6.45, 7) is 12.2. The first kappa shape index (κ1) is 38.4. The minimum Gasteiger partial charge on any atom is -0.469 e. The summed E-state index contributed by atoms with van der Waals surface area (Å²) in [5.74, 6) is -0.329. The van der Waals surface area contributed by atoms with E-state index in [-0.39, 0.29) is 24.3 Å². The van der Waals surface area contributed by atoms with Crippen molar-refractivity contribution in [3.63, 3.8) is 0 Å². The summed E-state index contributed by atoms with van der Waals surface area (Å²) in [4.78, 5) is 53.2. The van der Waals surface area contributed by atoms with Crippen molar-refractivity contribution in [2.24, 2.45) is 9.98 Å². The van der Waals surface area contributed by atoms with Crippen LogP contribution in [0.5, 0.6) is 0 Å². The highest BCUT2D eigenvalue weighted by Gasteiger charge is 2.28. The van der Waals surface area contributed by atoms with Crippen molar-refractivity contribution >= 4 is 53.1 Å². The number of hydrogen-bond donors (Lipinski definition) is 2. The number of esters is 3. The maximum atomic E-state index is 12.2. The summed E-state index contributed by atoms with van der Waals surface area (Å²) in [5.41, 5.74) is 15.8. The molecule has 0 aromatic carbocycles. The molecule has 11 heteroatoms. The average Bonchev–Trinajstić information content (AvgIpc) is 3.74. The van der Waals surface area contributed by atoms with Gasteiger partial charge in [0.1, 0.15) is 0 Å². The Bertz CT molecular complexity index is 1860. The number of H-pyrrole nitrogens is 2. The van der Waals surface area contributed by atoms with E-state index in [2.05, 4.69) is 29.9 Å². The zero-order valence-corrected chi connectivity index (χ0v) is 31.5. The number of nitrogens with one attached hydrogen (secondary N) is 2. The zero-order valence-electron chi connectivity index (χ0n) is 30.7. The third kappa shape index (κ3) is 8.64. The Hall–Kier alpha value is -4.44. The van der Waals surface area contributed by atoms with Gasteiger partial charge in [-0.3, -0.25) is 24.4 Å². The number of aryl methyl sites for hydroxylation is 2. The topological polar surface area (TPSA) is 135 Å². The Morgan fingerprint density at radius 3 is 1.76 bits per heavy atom. The van der Waals surface area contributed by atoms with Gasteiger partial charge in [-0.05, 0) is 124 Å². The third-order valence-corrected chi connectivity index (χ3v) is 10.0. The number of nitrogens with zero attached hydrogens (tertiary/aromatic N) is 2. The van der Waals surface area contributed by atoms with E-state index < -0.39 is 0 Å². The lowest BCUT2D eigenvalue weighted by atomic mass is 9.95. The van der Waals surface area contributed by atoms with Crippen molar-refractivity contribution in [1.82, 2.24) is 9.97 Å². The van der Waals surface area contributed by atoms with Crippen LogP contribution >= 0.6 is 11.6 Å². The smallest absolute Gasteiger partial charge is 0.305 e. The van der Waals surface area contributed by atoms with Crippen molar-refractivity contribution in [1.29, 1.82) is 0 Å². The molecule has 2 N–H and O–H groups in total. The molecule has 0 atom stereocenters. The van der Waals surface area contributed by atoms with E-state index in [1.807, 2.05) is 33.8 Å². The third-order valence-electron chi connectivity index (χ3n) is 9.85. The van der Waals surface area contributed by atoms with Gasteiger partial charge in [0.15, 0.2) is 0 Å². The predicted octanol–water partition coefficient (Wildman–Crippen LogP) is 7.68. The van der Waals surface area contributed by atoms with Crippen molar-refractivity contribution < 1.29 is 28.6 Å². The fourth-order valence-electron chi connectivity index (χ4n) is 6.65. The van der Waals surface area contributed by atoms with Gasteiger partial charge in [-0.2, -0.15) is 0 Å². The van der Waals surface area contributed by atoms with E-state index >= 15 is 0 Å². The van der Waals surface area contributed by atoms with Gasteiger partial charge >= 0.3 is 17.9 Å². The molecule has 0 saturated carbocycles. The molecule has 0 bridgehead atoms. The average molecular weight is 705 g/mol. The first-order valence-corrected chi connectivity index (χ1v) is 17.5. The number of alkyl halides is 1. The van der Waals surface area contributed by atoms with Gasteiger partial charge in [-0.15, -0.1) is 11.6 Å². The van der Waals surface area contributed by atoms with E-state index in [0.29, 0.717) is 50.8 Å². The Kier molecular flexibility index (Phi) is 13.0. The Morgan fingerprint density at radius 2 is 1.16 bits per heavy atom. The molecule has 2 aromatic heterocycles. The van der Waals surface area contributed by atoms with Crippen molar-refractivity contribution in [2.45, 2.75) is 92.9 Å². The predicted molar refractivity (Wildman–Crippen MR) is 199 cm³/mol. The van der Waals surface area contributed by atoms with Crippen LogP contribution in [0.4, 0.5) is 0 Å². The van der Waals surface area contributed by atoms with E-state index in [0.717, 1.165) is 90.1 Å². The summed E-state index contributed by atoms with van der Waals surface area (Å²) in [7, 11) is 4.20. The molecule has 2 aliphatic heterocycles. The summed E-state index contributed by atoms with van der Waals surface area (Å²) < 4.78 is 14.7. The number of ether oxygens (including phenoxy) is 3. The molecule has 268 valence electrons. The van der Waals surface area contributed by atoms with Crippen LogP contribution < -0.4 is 0 Å². The number of aliphatic imine (C=N–C) groups is 2. The SMILES string of the molecule is COC(=O)CCC1=C(C)C(CC2=N/C(=C/c3[nH]c(C)c(C)c3CCC(=O)OC)C(C)=C2CCCl)=N/C1=C\c1[nH]c(C)c(CCC(=O)OC)c1C. The van der Waals surface area contributed by atoms with Crippen molar-refractivity contribution in [3.8, 4) is 0 Å². The van der Waals surface area contributed by atoms with E-state index in [4.69, 9.17) is 35.8 Å². The summed E-state index contributed by atoms with van der Waals surface area (Å²) in [6.07, 6.45) is 7.68. The van der Waals surface area contributed by atoms with Crippen molar-refractivity contribution in [3.05, 3.63) is 78.7 Å². The lowest BCUT2D eigenvalue weighted by Crippen LogP contribution is -2.10. The molecular weight excluding hydrogens is 656 g/mol. The molecule has 0 radical (unpaired) electrons. The Balaban J connectivity index is 1.72. The number of aromatic nitrogens is 2. The van der Waals surface area contributed by atoms with Crippen LogP contribution in [0.2, 0.25) is 0 Å². The van der Waals surface area contributed by atoms with Crippen molar-refractivity contribution in [2.75, 3.05) is 27.2 Å². The Morgan fingerprint density at radius 1 is 0.620 bits per heavy atom. The molecule has 0 aliphatic carbocycles. The lowest BCUT2D eigenvalue weighted by Gasteiger charge is -2.08. The van der Waals surface area contributed by atoms with Gasteiger partial charge in [-0.25, -0.2) is 0 Å². The molecule has 0 saturated heterocycles. The minimum absolute atomic E-state index is 0.230. The highest BCUT2D eigenvalue weighted by Crippen LogP contribution is 2.37. The van der Waals surface area contributed by atoms with Gasteiger partial charge < -0.3 is 24.2 Å². The highest BCUT2D eigenvalue weighted by atomic mass is 35.5. The number of hydrogen-bond acceptors (Lipinski definition) is 8. The zero-order chi connectivity index (χ0) is 36.7. The molecule has 0 spiro atoms. The monoisotopic (exact) mass is 704 g/mol. The second kappa shape index (κ2) is 17.0. The quantitative estimate of drug-likeness (QED) is 0.111. The second-order valence-electron chi connectivity index (χ2n) is 12.8. The summed E-state index contributed by atoms with van der Waals surface area (Å²) in [6, 6.07) is 0. The van der Waals surface area contributed by atoms with Crippen LogP contribution in [0.25, 0.3) is 12.2 Å². The number of carbonyl (C=O) groups excluding carboxylic acids is 3. The van der Waals surface area contributed by atoms with Crippen LogP contribution in [0.3, 0.4) is 0 Å². The van der Waals surface area contributed by atoms with E-state index in [1.54, 1.807) is 0 Å². The molecule has 50 heavy (non-hydrogen) atoms. The molecule has 0 fully saturated rings. The van der Waals surface area contributed by atoms with Gasteiger partial charge in [0.25, 0.3) is 0 Å². The van der Waals surface area contributed by atoms with Gasteiger partial charge in [0, 0.05) is 54.3 Å². The second-order valence-corrected chi connectivity index (χ2v) is 13.1. The summed E-state index contributed by atoms with van der Waals surface area (Å²) in [5, 5.41) is 0. The van der Waals surface area contributed by atoms with Gasteiger partial charge in [0.05, 0.1) is 44.1 Å². The number of halogens is 1. The molecule has 0 unspecified atom stereocenters. The van der Waals surface area contributed by atoms with Gasteiger partial charge in [0.2, 0.25) is 0 Å². The lowest BCUT2D eigenvalue weighted by molar-refractivity contribution is -0.141. The first-order chi connectivity index (χ1) is 23.8. The first-order valence-electron chi connectivity index (χ1n) is 16.9. The summed E-state index contributed by atoms with van der Waals surface area (Å²) >= 11 is 6.32. The van der Waals surface area contributed by atoms with E-state index in [9.17, 15) is 14.4 Å². The number of rotatable bonds is 15.